The highest BCUT2D eigenvalue weighted by atomic mass is 16.4. The van der Waals surface area contributed by atoms with Crippen molar-refractivity contribution in [3.8, 4) is 0 Å². The molecule has 0 fully saturated rings. The Balaban J connectivity index is 4.10. The Morgan fingerprint density at radius 3 is 1.48 bits per heavy atom. The second-order valence-electron chi connectivity index (χ2n) is 9.54. The molecular formula is C25H50O2. The van der Waals surface area contributed by atoms with Crippen molar-refractivity contribution in [2.75, 3.05) is 0 Å². The van der Waals surface area contributed by atoms with E-state index in [1.165, 1.54) is 77.0 Å². The van der Waals surface area contributed by atoms with Gasteiger partial charge in [0.2, 0.25) is 0 Å². The van der Waals surface area contributed by atoms with Crippen molar-refractivity contribution >= 4 is 5.97 Å². The van der Waals surface area contributed by atoms with E-state index in [0.29, 0.717) is 0 Å². The summed E-state index contributed by atoms with van der Waals surface area (Å²) in [5, 5.41) is 9.98. The number of hydrogen-bond acceptors (Lipinski definition) is 1. The minimum Gasteiger partial charge on any atom is -0.481 e. The molecule has 0 aromatic carbocycles. The fourth-order valence-electron chi connectivity index (χ4n) is 4.26. The van der Waals surface area contributed by atoms with Gasteiger partial charge in [-0.25, -0.2) is 0 Å². The molecule has 0 bridgehead atoms. The maximum atomic E-state index is 12.1. The summed E-state index contributed by atoms with van der Waals surface area (Å²) < 4.78 is 0. The van der Waals surface area contributed by atoms with E-state index in [1.54, 1.807) is 0 Å². The van der Waals surface area contributed by atoms with E-state index in [-0.39, 0.29) is 5.92 Å². The van der Waals surface area contributed by atoms with Crippen LogP contribution < -0.4 is 0 Å². The summed E-state index contributed by atoms with van der Waals surface area (Å²) in [4.78, 5) is 12.1. The van der Waals surface area contributed by atoms with E-state index in [9.17, 15) is 9.90 Å². The Kier molecular flexibility index (Phi) is 16.1. The van der Waals surface area contributed by atoms with E-state index in [1.807, 2.05) is 0 Å². The zero-order valence-corrected chi connectivity index (χ0v) is 19.3. The molecule has 0 saturated carbocycles. The number of aliphatic carboxylic acids is 1. The molecule has 0 aliphatic carbocycles. The Morgan fingerprint density at radius 2 is 1.11 bits per heavy atom. The van der Waals surface area contributed by atoms with Crippen molar-refractivity contribution in [3.63, 3.8) is 0 Å². The summed E-state index contributed by atoms with van der Waals surface area (Å²) >= 11 is 0. The monoisotopic (exact) mass is 382 g/mol. The summed E-state index contributed by atoms with van der Waals surface area (Å²) in [6, 6.07) is 0. The third-order valence-electron chi connectivity index (χ3n) is 6.41. The van der Waals surface area contributed by atoms with Crippen LogP contribution in [0.25, 0.3) is 0 Å². The molecular weight excluding hydrogens is 332 g/mol. The van der Waals surface area contributed by atoms with Crippen LogP contribution in [-0.4, -0.2) is 11.1 Å². The topological polar surface area (TPSA) is 37.3 Å². The highest BCUT2D eigenvalue weighted by molar-refractivity contribution is 5.74. The Bertz CT molecular complexity index is 348. The molecule has 0 aliphatic rings. The average Bonchev–Trinajstić information content (AvgIpc) is 2.60. The number of hydrogen-bond donors (Lipinski definition) is 1. The second-order valence-corrected chi connectivity index (χ2v) is 9.54. The minimum atomic E-state index is -0.558. The lowest BCUT2D eigenvalue weighted by molar-refractivity contribution is -0.153. The predicted molar refractivity (Wildman–Crippen MR) is 119 cm³/mol. The van der Waals surface area contributed by atoms with Crippen molar-refractivity contribution in [2.24, 2.45) is 17.3 Å². The van der Waals surface area contributed by atoms with Crippen molar-refractivity contribution in [1.29, 1.82) is 0 Å². The molecule has 2 heteroatoms. The van der Waals surface area contributed by atoms with Gasteiger partial charge in [0.05, 0.1) is 5.41 Å². The van der Waals surface area contributed by atoms with Gasteiger partial charge >= 0.3 is 5.97 Å². The maximum absolute atomic E-state index is 12.1. The van der Waals surface area contributed by atoms with Gasteiger partial charge in [-0.3, -0.25) is 4.79 Å². The molecule has 0 aromatic rings. The molecule has 1 N–H and O–H groups in total. The van der Waals surface area contributed by atoms with Crippen LogP contribution in [0, 0.1) is 17.3 Å². The zero-order valence-electron chi connectivity index (χ0n) is 19.3. The molecule has 0 spiro atoms. The lowest BCUT2D eigenvalue weighted by Gasteiger charge is -2.34. The third kappa shape index (κ3) is 12.5. The van der Waals surface area contributed by atoms with Crippen molar-refractivity contribution in [1.82, 2.24) is 0 Å². The molecule has 0 radical (unpaired) electrons. The third-order valence-corrected chi connectivity index (χ3v) is 6.41. The number of carbonyl (C=O) groups is 1. The van der Waals surface area contributed by atoms with E-state index in [4.69, 9.17) is 0 Å². The first-order valence-corrected chi connectivity index (χ1v) is 12.1. The minimum absolute atomic E-state index is 0.221. The first-order valence-electron chi connectivity index (χ1n) is 12.1. The van der Waals surface area contributed by atoms with Crippen LogP contribution >= 0.6 is 0 Å². The van der Waals surface area contributed by atoms with Crippen molar-refractivity contribution in [2.45, 2.75) is 137 Å². The molecule has 0 amide bonds. The molecule has 162 valence electrons. The van der Waals surface area contributed by atoms with Gasteiger partial charge in [0.15, 0.2) is 0 Å². The van der Waals surface area contributed by atoms with Crippen molar-refractivity contribution < 1.29 is 9.90 Å². The van der Waals surface area contributed by atoms with Crippen LogP contribution in [-0.2, 0) is 4.79 Å². The van der Waals surface area contributed by atoms with Gasteiger partial charge in [-0.2, -0.15) is 0 Å². The summed E-state index contributed by atoms with van der Waals surface area (Å²) in [5.41, 5.74) is -0.502. The normalized spacial score (nSPS) is 14.0. The summed E-state index contributed by atoms with van der Waals surface area (Å²) in [7, 11) is 0. The van der Waals surface area contributed by atoms with Gasteiger partial charge in [0.1, 0.15) is 0 Å². The van der Waals surface area contributed by atoms with Crippen molar-refractivity contribution in [3.05, 3.63) is 0 Å². The van der Waals surface area contributed by atoms with E-state index in [2.05, 4.69) is 34.6 Å². The predicted octanol–water partition coefficient (Wildman–Crippen LogP) is 8.63. The molecule has 0 heterocycles. The fourth-order valence-corrected chi connectivity index (χ4v) is 4.26. The lowest BCUT2D eigenvalue weighted by atomic mass is 9.70. The smallest absolute Gasteiger partial charge is 0.309 e. The van der Waals surface area contributed by atoms with Gasteiger partial charge in [-0.1, -0.05) is 125 Å². The lowest BCUT2D eigenvalue weighted by Crippen LogP contribution is -2.36. The molecule has 0 aromatic heterocycles. The van der Waals surface area contributed by atoms with Gasteiger partial charge in [-0.15, -0.1) is 0 Å². The van der Waals surface area contributed by atoms with E-state index in [0.717, 1.165) is 31.6 Å². The Morgan fingerprint density at radius 1 is 0.704 bits per heavy atom. The van der Waals surface area contributed by atoms with Gasteiger partial charge in [0.25, 0.3) is 0 Å². The first-order chi connectivity index (χ1) is 12.9. The fraction of sp³-hybridized carbons (Fsp3) is 0.960. The van der Waals surface area contributed by atoms with Crippen LogP contribution in [0.15, 0.2) is 0 Å². The van der Waals surface area contributed by atoms with Crippen LogP contribution in [0.5, 0.6) is 0 Å². The largest absolute Gasteiger partial charge is 0.481 e. The molecule has 1 atom stereocenters. The molecule has 27 heavy (non-hydrogen) atoms. The molecule has 1 unspecified atom stereocenters. The summed E-state index contributed by atoms with van der Waals surface area (Å²) in [5.74, 6) is 0.418. The number of rotatable bonds is 19. The second kappa shape index (κ2) is 16.4. The highest BCUT2D eigenvalue weighted by Crippen LogP contribution is 2.39. The maximum Gasteiger partial charge on any atom is 0.309 e. The average molecular weight is 383 g/mol. The van der Waals surface area contributed by atoms with E-state index < -0.39 is 11.4 Å². The van der Waals surface area contributed by atoms with Gasteiger partial charge < -0.3 is 5.11 Å². The van der Waals surface area contributed by atoms with Crippen LogP contribution in [0.2, 0.25) is 0 Å². The standard InChI is InChI=1S/C25H50O2/c1-6-7-8-9-10-11-12-13-14-17-20-25(23(4)5,24(26)27)21-18-15-16-19-22(2)3/h22-23H,6-21H2,1-5H3,(H,26,27). The number of carboxylic acid groups (broad SMARTS) is 1. The van der Waals surface area contributed by atoms with E-state index >= 15 is 0 Å². The van der Waals surface area contributed by atoms with Gasteiger partial charge in [0, 0.05) is 0 Å². The van der Waals surface area contributed by atoms with Gasteiger partial charge in [-0.05, 0) is 24.7 Å². The highest BCUT2D eigenvalue weighted by Gasteiger charge is 2.40. The quantitative estimate of drug-likeness (QED) is 0.227. The molecule has 2 nitrogen and oxygen atoms in total. The Hall–Kier alpha value is -0.530. The molecule has 0 aliphatic heterocycles. The molecule has 0 rings (SSSR count). The zero-order chi connectivity index (χ0) is 20.5. The summed E-state index contributed by atoms with van der Waals surface area (Å²) in [6.07, 6.45) is 19.5. The first kappa shape index (κ1) is 26.5. The number of carboxylic acids is 1. The Labute approximate surface area is 170 Å². The molecule has 0 saturated heterocycles. The van der Waals surface area contributed by atoms with Crippen LogP contribution in [0.1, 0.15) is 137 Å². The summed E-state index contributed by atoms with van der Waals surface area (Å²) in [6.45, 7) is 11.0. The SMILES string of the molecule is CCCCCCCCCCCCC(CCCCCC(C)C)(C(=O)O)C(C)C. The van der Waals surface area contributed by atoms with Crippen LogP contribution in [0.3, 0.4) is 0 Å². The number of unbranched alkanes of at least 4 members (excludes halogenated alkanes) is 11. The van der Waals surface area contributed by atoms with Crippen LogP contribution in [0.4, 0.5) is 0 Å².